The predicted molar refractivity (Wildman–Crippen MR) is 107 cm³/mol. The number of H-pyrrole nitrogens is 1. The molecule has 1 amide bonds. The van der Waals surface area contributed by atoms with E-state index in [0.29, 0.717) is 18.7 Å². The summed E-state index contributed by atoms with van der Waals surface area (Å²) in [5.41, 5.74) is 3.54. The van der Waals surface area contributed by atoms with Gasteiger partial charge in [0.15, 0.2) is 0 Å². The van der Waals surface area contributed by atoms with Gasteiger partial charge in [0.2, 0.25) is 0 Å². The van der Waals surface area contributed by atoms with E-state index < -0.39 is 6.10 Å². The average Bonchev–Trinajstić information content (AvgIpc) is 3.39. The van der Waals surface area contributed by atoms with Gasteiger partial charge >= 0.3 is 0 Å². The molecule has 0 saturated carbocycles. The first-order valence-corrected chi connectivity index (χ1v) is 10.2. The normalized spacial score (nSPS) is 22.1. The number of nitrogens with one attached hydrogen (secondary N) is 1. The molecule has 0 radical (unpaired) electrons. The molecule has 0 spiro atoms. The van der Waals surface area contributed by atoms with Gasteiger partial charge < -0.3 is 19.4 Å². The molecule has 28 heavy (non-hydrogen) atoms. The number of nitrogens with zero attached hydrogens (tertiary/aromatic N) is 1. The lowest BCUT2D eigenvalue weighted by molar-refractivity contribution is -0.143. The van der Waals surface area contributed by atoms with E-state index in [1.807, 2.05) is 26.0 Å². The van der Waals surface area contributed by atoms with Crippen LogP contribution in [0.1, 0.15) is 42.4 Å². The van der Waals surface area contributed by atoms with Crippen molar-refractivity contribution in [2.24, 2.45) is 0 Å². The second-order valence-corrected chi connectivity index (χ2v) is 7.95. The van der Waals surface area contributed by atoms with E-state index in [9.17, 15) is 9.59 Å². The van der Waals surface area contributed by atoms with Crippen LogP contribution in [0, 0.1) is 13.8 Å². The molecule has 0 aliphatic carbocycles. The Kier molecular flexibility index (Phi) is 5.51. The van der Waals surface area contributed by atoms with Crippen molar-refractivity contribution in [3.05, 3.63) is 45.2 Å². The minimum absolute atomic E-state index is 0.0346. The monoisotopic (exact) mass is 384 g/mol. The van der Waals surface area contributed by atoms with Crippen LogP contribution in [-0.4, -0.2) is 47.8 Å². The highest BCUT2D eigenvalue weighted by molar-refractivity contribution is 5.84. The Bertz CT molecular complexity index is 924. The zero-order valence-electron chi connectivity index (χ0n) is 16.6. The molecule has 0 bridgehead atoms. The highest BCUT2D eigenvalue weighted by Crippen LogP contribution is 2.22. The molecule has 6 heteroatoms. The minimum Gasteiger partial charge on any atom is -0.376 e. The second kappa shape index (κ2) is 8.05. The molecule has 0 unspecified atom stereocenters. The third-order valence-electron chi connectivity index (χ3n) is 5.95. The topological polar surface area (TPSA) is 71.6 Å². The van der Waals surface area contributed by atoms with Crippen molar-refractivity contribution < 1.29 is 14.3 Å². The number of aromatic nitrogens is 1. The van der Waals surface area contributed by atoms with Crippen LogP contribution in [0.3, 0.4) is 0 Å². The lowest BCUT2D eigenvalue weighted by atomic mass is 10.0. The third-order valence-corrected chi connectivity index (χ3v) is 5.95. The highest BCUT2D eigenvalue weighted by Gasteiger charge is 2.31. The van der Waals surface area contributed by atoms with Crippen LogP contribution >= 0.6 is 0 Å². The SMILES string of the molecule is Cc1ccc2cc(CN(C[C@@H]3CCCO3)C(=O)[C@@H]3CCCO3)c(=O)[nH]c2c1C. The number of aryl methyl sites for hydroxylation is 2. The van der Waals surface area contributed by atoms with Gasteiger partial charge in [-0.05, 0) is 62.1 Å². The summed E-state index contributed by atoms with van der Waals surface area (Å²) in [6.07, 6.45) is 3.25. The molecule has 1 N–H and O–H groups in total. The standard InChI is InChI=1S/C22H28N2O4/c1-14-7-8-16-11-17(21(25)23-20(16)15(14)2)12-24(13-18-5-3-9-27-18)22(26)19-6-4-10-28-19/h7-8,11,18-19H,3-6,9-10,12-13H2,1-2H3,(H,23,25)/t18-,19-/m0/s1. The number of carbonyl (C=O) groups excluding carboxylic acids is 1. The first kappa shape index (κ1) is 19.2. The number of rotatable bonds is 5. The molecule has 2 aliphatic rings. The van der Waals surface area contributed by atoms with Crippen LogP contribution in [-0.2, 0) is 20.8 Å². The fourth-order valence-corrected chi connectivity index (χ4v) is 4.14. The van der Waals surface area contributed by atoms with E-state index in [0.717, 1.165) is 54.3 Å². The van der Waals surface area contributed by atoms with Crippen molar-refractivity contribution in [3.63, 3.8) is 0 Å². The van der Waals surface area contributed by atoms with Gasteiger partial charge in [0.1, 0.15) is 6.10 Å². The second-order valence-electron chi connectivity index (χ2n) is 7.95. The Balaban J connectivity index is 1.63. The number of ether oxygens (including phenoxy) is 2. The first-order chi connectivity index (χ1) is 13.5. The van der Waals surface area contributed by atoms with Crippen molar-refractivity contribution in [3.8, 4) is 0 Å². The van der Waals surface area contributed by atoms with E-state index in [-0.39, 0.29) is 24.1 Å². The van der Waals surface area contributed by atoms with Crippen molar-refractivity contribution in [2.45, 2.75) is 58.3 Å². The average molecular weight is 384 g/mol. The molecule has 2 atom stereocenters. The smallest absolute Gasteiger partial charge is 0.253 e. The van der Waals surface area contributed by atoms with E-state index >= 15 is 0 Å². The highest BCUT2D eigenvalue weighted by atomic mass is 16.5. The summed E-state index contributed by atoms with van der Waals surface area (Å²) in [6, 6.07) is 5.98. The maximum absolute atomic E-state index is 13.0. The first-order valence-electron chi connectivity index (χ1n) is 10.2. The number of hydrogen-bond acceptors (Lipinski definition) is 4. The Morgan fingerprint density at radius 3 is 2.68 bits per heavy atom. The lowest BCUT2D eigenvalue weighted by Gasteiger charge is -2.27. The van der Waals surface area contributed by atoms with Crippen LogP contribution in [0.15, 0.2) is 23.0 Å². The fraction of sp³-hybridized carbons (Fsp3) is 0.545. The molecule has 2 aromatic rings. The Morgan fingerprint density at radius 2 is 1.96 bits per heavy atom. The van der Waals surface area contributed by atoms with Gasteiger partial charge in [-0.25, -0.2) is 0 Å². The molecule has 2 saturated heterocycles. The number of fused-ring (bicyclic) bond motifs is 1. The molecule has 1 aromatic carbocycles. The Hall–Kier alpha value is -2.18. The quantitative estimate of drug-likeness (QED) is 0.860. The molecule has 6 nitrogen and oxygen atoms in total. The molecular formula is C22H28N2O4. The zero-order chi connectivity index (χ0) is 19.7. The predicted octanol–water partition coefficient (Wildman–Crippen LogP) is 2.83. The molecular weight excluding hydrogens is 356 g/mol. The summed E-state index contributed by atoms with van der Waals surface area (Å²) in [5.74, 6) is -0.0346. The minimum atomic E-state index is -0.397. The maximum atomic E-state index is 13.0. The summed E-state index contributed by atoms with van der Waals surface area (Å²) in [7, 11) is 0. The molecule has 3 heterocycles. The molecule has 150 valence electrons. The van der Waals surface area contributed by atoms with E-state index in [4.69, 9.17) is 9.47 Å². The summed E-state index contributed by atoms with van der Waals surface area (Å²) in [6.45, 7) is 6.18. The molecule has 4 rings (SSSR count). The summed E-state index contributed by atoms with van der Waals surface area (Å²) >= 11 is 0. The lowest BCUT2D eigenvalue weighted by Crippen LogP contribution is -2.43. The maximum Gasteiger partial charge on any atom is 0.253 e. The largest absolute Gasteiger partial charge is 0.376 e. The van der Waals surface area contributed by atoms with Crippen molar-refractivity contribution in [1.82, 2.24) is 9.88 Å². The van der Waals surface area contributed by atoms with Crippen LogP contribution in [0.25, 0.3) is 10.9 Å². The summed E-state index contributed by atoms with van der Waals surface area (Å²) in [5, 5.41) is 0.985. The number of hydrogen-bond donors (Lipinski definition) is 1. The van der Waals surface area contributed by atoms with Crippen LogP contribution in [0.4, 0.5) is 0 Å². The fourth-order valence-electron chi connectivity index (χ4n) is 4.14. The van der Waals surface area contributed by atoms with Gasteiger partial charge in [-0.1, -0.05) is 12.1 Å². The Labute approximate surface area is 164 Å². The Morgan fingerprint density at radius 1 is 1.18 bits per heavy atom. The summed E-state index contributed by atoms with van der Waals surface area (Å²) in [4.78, 5) is 30.6. The van der Waals surface area contributed by atoms with E-state index in [1.54, 1.807) is 4.90 Å². The number of aromatic amines is 1. The van der Waals surface area contributed by atoms with E-state index in [1.165, 1.54) is 0 Å². The zero-order valence-corrected chi connectivity index (χ0v) is 16.6. The van der Waals surface area contributed by atoms with Crippen molar-refractivity contribution in [1.29, 1.82) is 0 Å². The van der Waals surface area contributed by atoms with Crippen LogP contribution in [0.2, 0.25) is 0 Å². The van der Waals surface area contributed by atoms with Gasteiger partial charge in [0.25, 0.3) is 11.5 Å². The van der Waals surface area contributed by atoms with Gasteiger partial charge in [0, 0.05) is 25.3 Å². The summed E-state index contributed by atoms with van der Waals surface area (Å²) < 4.78 is 11.4. The number of amides is 1. The van der Waals surface area contributed by atoms with Crippen molar-refractivity contribution >= 4 is 16.8 Å². The third kappa shape index (κ3) is 3.84. The van der Waals surface area contributed by atoms with Gasteiger partial charge in [0.05, 0.1) is 18.2 Å². The van der Waals surface area contributed by atoms with Gasteiger partial charge in [-0.2, -0.15) is 0 Å². The van der Waals surface area contributed by atoms with Crippen LogP contribution < -0.4 is 5.56 Å². The number of carbonyl (C=O) groups is 1. The number of pyridine rings is 1. The molecule has 1 aromatic heterocycles. The van der Waals surface area contributed by atoms with Crippen molar-refractivity contribution in [2.75, 3.05) is 19.8 Å². The molecule has 2 aliphatic heterocycles. The van der Waals surface area contributed by atoms with Gasteiger partial charge in [-0.3, -0.25) is 9.59 Å². The van der Waals surface area contributed by atoms with Crippen LogP contribution in [0.5, 0.6) is 0 Å². The van der Waals surface area contributed by atoms with Gasteiger partial charge in [-0.15, -0.1) is 0 Å². The van der Waals surface area contributed by atoms with E-state index in [2.05, 4.69) is 11.1 Å². The number of benzene rings is 1. The molecule has 2 fully saturated rings.